The van der Waals surface area contributed by atoms with Crippen molar-refractivity contribution < 1.29 is 4.79 Å². The molecule has 0 unspecified atom stereocenters. The first kappa shape index (κ1) is 15.6. The molecule has 1 amide bonds. The third-order valence-corrected chi connectivity index (χ3v) is 4.33. The van der Waals surface area contributed by atoms with Crippen molar-refractivity contribution in [3.05, 3.63) is 33.8 Å². The maximum absolute atomic E-state index is 11.7. The van der Waals surface area contributed by atoms with Crippen molar-refractivity contribution >= 4 is 47.1 Å². The van der Waals surface area contributed by atoms with Gasteiger partial charge in [0.25, 0.3) is 5.91 Å². The minimum Gasteiger partial charge on any atom is -0.293 e. The smallest absolute Gasteiger partial charge is 0.254 e. The van der Waals surface area contributed by atoms with E-state index in [4.69, 9.17) is 23.2 Å². The number of nitrogens with zero attached hydrogens (tertiary/aromatic N) is 2. The third-order valence-electron chi connectivity index (χ3n) is 2.83. The van der Waals surface area contributed by atoms with Crippen LogP contribution in [-0.4, -0.2) is 48.2 Å². The first-order valence-electron chi connectivity index (χ1n) is 6.22. The van der Waals surface area contributed by atoms with Crippen LogP contribution in [0.5, 0.6) is 0 Å². The van der Waals surface area contributed by atoms with Crippen molar-refractivity contribution in [3.8, 4) is 0 Å². The summed E-state index contributed by atoms with van der Waals surface area (Å²) >= 11 is 13.7. The van der Waals surface area contributed by atoms with Gasteiger partial charge in [0, 0.05) is 35.2 Å². The summed E-state index contributed by atoms with van der Waals surface area (Å²) in [5.74, 6) is 2.05. The number of thioether (sulfide) groups is 1. The molecular formula is C13H15Cl2N3OS. The number of hydrogen-bond acceptors (Lipinski definition) is 4. The molecule has 0 atom stereocenters. The Kier molecular flexibility index (Phi) is 6.16. The number of nitrogens with one attached hydrogen (secondary N) is 1. The first-order chi connectivity index (χ1) is 9.65. The minimum atomic E-state index is -0.113. The van der Waals surface area contributed by atoms with E-state index >= 15 is 0 Å². The van der Waals surface area contributed by atoms with E-state index < -0.39 is 0 Å². The maximum atomic E-state index is 11.7. The van der Waals surface area contributed by atoms with Crippen LogP contribution in [-0.2, 0) is 4.79 Å². The van der Waals surface area contributed by atoms with E-state index in [-0.39, 0.29) is 5.91 Å². The zero-order valence-electron chi connectivity index (χ0n) is 10.8. The molecule has 1 aromatic carbocycles. The fourth-order valence-corrected chi connectivity index (χ4v) is 3.21. The number of benzene rings is 1. The van der Waals surface area contributed by atoms with Gasteiger partial charge in [0.05, 0.1) is 17.8 Å². The number of rotatable bonds is 4. The molecule has 1 aliphatic heterocycles. The summed E-state index contributed by atoms with van der Waals surface area (Å²) in [5.41, 5.74) is 3.22. The Hall–Kier alpha value is -0.750. The average Bonchev–Trinajstić information content (AvgIpc) is 2.42. The zero-order valence-corrected chi connectivity index (χ0v) is 13.1. The van der Waals surface area contributed by atoms with E-state index in [9.17, 15) is 4.79 Å². The highest BCUT2D eigenvalue weighted by molar-refractivity contribution is 7.99. The molecule has 1 aromatic rings. The Morgan fingerprint density at radius 2 is 2.15 bits per heavy atom. The van der Waals surface area contributed by atoms with Crippen LogP contribution in [0.3, 0.4) is 0 Å². The number of carbonyl (C=O) groups is 1. The number of amides is 1. The van der Waals surface area contributed by atoms with Crippen LogP contribution in [0.4, 0.5) is 0 Å². The summed E-state index contributed by atoms with van der Waals surface area (Å²) in [7, 11) is 0. The standard InChI is InChI=1S/C13H15Cl2N3OS/c14-11-2-1-10(12(15)7-11)8-16-17-13(19)9-18-3-5-20-6-4-18/h1-2,7-8H,3-6,9H2,(H,17,19)/b16-8+. The SMILES string of the molecule is O=C(CN1CCSCC1)N/N=C/c1ccc(Cl)cc1Cl. The quantitative estimate of drug-likeness (QED) is 0.681. The Morgan fingerprint density at radius 1 is 1.40 bits per heavy atom. The van der Waals surface area contributed by atoms with Crippen LogP contribution in [0.1, 0.15) is 5.56 Å². The number of hydrogen-bond donors (Lipinski definition) is 1. The van der Waals surface area contributed by atoms with E-state index in [1.54, 1.807) is 18.2 Å². The maximum Gasteiger partial charge on any atom is 0.254 e. The topological polar surface area (TPSA) is 44.7 Å². The fraction of sp³-hybridized carbons (Fsp3) is 0.385. The molecule has 1 saturated heterocycles. The Labute approximate surface area is 132 Å². The highest BCUT2D eigenvalue weighted by Crippen LogP contribution is 2.19. The normalized spacial score (nSPS) is 16.5. The second-order valence-electron chi connectivity index (χ2n) is 4.35. The molecule has 1 heterocycles. The number of hydrazone groups is 1. The van der Waals surface area contributed by atoms with Gasteiger partial charge in [-0.05, 0) is 12.1 Å². The second kappa shape index (κ2) is 7.88. The predicted octanol–water partition coefficient (Wildman–Crippen LogP) is 2.49. The molecular weight excluding hydrogens is 317 g/mol. The lowest BCUT2D eigenvalue weighted by Crippen LogP contribution is -2.40. The molecule has 0 radical (unpaired) electrons. The van der Waals surface area contributed by atoms with Gasteiger partial charge in [-0.1, -0.05) is 29.3 Å². The van der Waals surface area contributed by atoms with Gasteiger partial charge in [0.15, 0.2) is 0 Å². The summed E-state index contributed by atoms with van der Waals surface area (Å²) in [6.45, 7) is 2.28. The average molecular weight is 332 g/mol. The molecule has 4 nitrogen and oxygen atoms in total. The third kappa shape index (κ3) is 4.98. The number of halogens is 2. The van der Waals surface area contributed by atoms with E-state index in [1.165, 1.54) is 6.21 Å². The van der Waals surface area contributed by atoms with Gasteiger partial charge in [-0.2, -0.15) is 16.9 Å². The molecule has 1 fully saturated rings. The monoisotopic (exact) mass is 331 g/mol. The molecule has 2 rings (SSSR count). The molecule has 0 spiro atoms. The summed E-state index contributed by atoms with van der Waals surface area (Å²) in [4.78, 5) is 13.8. The molecule has 1 N–H and O–H groups in total. The van der Waals surface area contributed by atoms with Crippen LogP contribution < -0.4 is 5.43 Å². The van der Waals surface area contributed by atoms with E-state index in [2.05, 4.69) is 15.4 Å². The van der Waals surface area contributed by atoms with Gasteiger partial charge in [0.1, 0.15) is 0 Å². The van der Waals surface area contributed by atoms with Gasteiger partial charge >= 0.3 is 0 Å². The predicted molar refractivity (Wildman–Crippen MR) is 86.0 cm³/mol. The van der Waals surface area contributed by atoms with E-state index in [0.717, 1.165) is 24.6 Å². The first-order valence-corrected chi connectivity index (χ1v) is 8.13. The highest BCUT2D eigenvalue weighted by Gasteiger charge is 2.13. The van der Waals surface area contributed by atoms with Crippen molar-refractivity contribution in [2.45, 2.75) is 0 Å². The molecule has 0 bridgehead atoms. The Bertz CT molecular complexity index is 504. The lowest BCUT2D eigenvalue weighted by molar-refractivity contribution is -0.122. The van der Waals surface area contributed by atoms with Crippen LogP contribution in [0, 0.1) is 0 Å². The van der Waals surface area contributed by atoms with Crippen molar-refractivity contribution in [2.24, 2.45) is 5.10 Å². The highest BCUT2D eigenvalue weighted by atomic mass is 35.5. The second-order valence-corrected chi connectivity index (χ2v) is 6.42. The van der Waals surface area contributed by atoms with Crippen LogP contribution in [0.25, 0.3) is 0 Å². The molecule has 0 aliphatic carbocycles. The molecule has 108 valence electrons. The summed E-state index contributed by atoms with van der Waals surface area (Å²) < 4.78 is 0. The van der Waals surface area contributed by atoms with Gasteiger partial charge in [0.2, 0.25) is 0 Å². The van der Waals surface area contributed by atoms with Crippen LogP contribution in [0.2, 0.25) is 10.0 Å². The van der Waals surface area contributed by atoms with Crippen LogP contribution in [0.15, 0.2) is 23.3 Å². The molecule has 0 saturated carbocycles. The molecule has 20 heavy (non-hydrogen) atoms. The molecule has 7 heteroatoms. The fourth-order valence-electron chi connectivity index (χ4n) is 1.78. The largest absolute Gasteiger partial charge is 0.293 e. The van der Waals surface area contributed by atoms with Gasteiger partial charge in [-0.3, -0.25) is 9.69 Å². The lowest BCUT2D eigenvalue weighted by atomic mass is 10.2. The lowest BCUT2D eigenvalue weighted by Gasteiger charge is -2.24. The van der Waals surface area contributed by atoms with E-state index in [1.807, 2.05) is 11.8 Å². The van der Waals surface area contributed by atoms with E-state index in [0.29, 0.717) is 22.2 Å². The van der Waals surface area contributed by atoms with Crippen molar-refractivity contribution in [1.82, 2.24) is 10.3 Å². The van der Waals surface area contributed by atoms with Crippen molar-refractivity contribution in [1.29, 1.82) is 0 Å². The molecule has 1 aliphatic rings. The Balaban J connectivity index is 1.81. The zero-order chi connectivity index (χ0) is 14.4. The van der Waals surface area contributed by atoms with Gasteiger partial charge in [-0.25, -0.2) is 5.43 Å². The number of carbonyl (C=O) groups excluding carboxylic acids is 1. The summed E-state index contributed by atoms with van der Waals surface area (Å²) in [6, 6.07) is 5.11. The van der Waals surface area contributed by atoms with Gasteiger partial charge < -0.3 is 0 Å². The minimum absolute atomic E-state index is 0.113. The van der Waals surface area contributed by atoms with Crippen LogP contribution >= 0.6 is 35.0 Å². The van der Waals surface area contributed by atoms with Gasteiger partial charge in [-0.15, -0.1) is 0 Å². The summed E-state index contributed by atoms with van der Waals surface area (Å²) in [5, 5.41) is 4.99. The Morgan fingerprint density at radius 3 is 2.85 bits per heavy atom. The molecule has 0 aromatic heterocycles. The summed E-state index contributed by atoms with van der Waals surface area (Å²) in [6.07, 6.45) is 1.52. The van der Waals surface area contributed by atoms with Crippen molar-refractivity contribution in [3.63, 3.8) is 0 Å². The van der Waals surface area contributed by atoms with Crippen molar-refractivity contribution in [2.75, 3.05) is 31.1 Å².